The fourth-order valence-electron chi connectivity index (χ4n) is 1.65. The SMILES string of the molecule is O=[N+]([O-])c1cc(COCc2ccccc2)ccc1Cl. The third kappa shape index (κ3) is 3.77. The van der Waals surface area contributed by atoms with Gasteiger partial charge in [-0.2, -0.15) is 0 Å². The summed E-state index contributed by atoms with van der Waals surface area (Å²) in [6.07, 6.45) is 0. The van der Waals surface area contributed by atoms with Gasteiger partial charge in [0.15, 0.2) is 0 Å². The molecule has 4 nitrogen and oxygen atoms in total. The van der Waals surface area contributed by atoms with E-state index in [4.69, 9.17) is 16.3 Å². The topological polar surface area (TPSA) is 52.4 Å². The Morgan fingerprint density at radius 2 is 1.74 bits per heavy atom. The first kappa shape index (κ1) is 13.5. The van der Waals surface area contributed by atoms with Crippen LogP contribution < -0.4 is 0 Å². The highest BCUT2D eigenvalue weighted by molar-refractivity contribution is 6.32. The highest BCUT2D eigenvalue weighted by Crippen LogP contribution is 2.25. The maximum Gasteiger partial charge on any atom is 0.288 e. The summed E-state index contributed by atoms with van der Waals surface area (Å²) in [5.41, 5.74) is 1.69. The lowest BCUT2D eigenvalue weighted by Gasteiger charge is -2.05. The molecule has 0 radical (unpaired) electrons. The van der Waals surface area contributed by atoms with Crippen LogP contribution in [0.5, 0.6) is 0 Å². The molecule has 0 aromatic heterocycles. The van der Waals surface area contributed by atoms with Crippen molar-refractivity contribution in [1.29, 1.82) is 0 Å². The molecule has 98 valence electrons. The fourth-order valence-corrected chi connectivity index (χ4v) is 1.84. The van der Waals surface area contributed by atoms with E-state index in [9.17, 15) is 10.1 Å². The Labute approximate surface area is 115 Å². The molecule has 5 heteroatoms. The van der Waals surface area contributed by atoms with E-state index in [1.54, 1.807) is 6.07 Å². The summed E-state index contributed by atoms with van der Waals surface area (Å²) >= 11 is 5.74. The molecule has 0 fully saturated rings. The van der Waals surface area contributed by atoms with Crippen molar-refractivity contribution in [3.8, 4) is 0 Å². The lowest BCUT2D eigenvalue weighted by atomic mass is 10.2. The van der Waals surface area contributed by atoms with Crippen LogP contribution in [-0.4, -0.2) is 4.92 Å². The van der Waals surface area contributed by atoms with Crippen LogP contribution in [0, 0.1) is 10.1 Å². The lowest BCUT2D eigenvalue weighted by Crippen LogP contribution is -1.96. The molecule has 0 saturated heterocycles. The summed E-state index contributed by atoms with van der Waals surface area (Å²) < 4.78 is 5.51. The van der Waals surface area contributed by atoms with E-state index in [1.807, 2.05) is 30.3 Å². The van der Waals surface area contributed by atoms with Crippen LogP contribution >= 0.6 is 11.6 Å². The Kier molecular flexibility index (Phi) is 4.49. The minimum absolute atomic E-state index is 0.0949. The first-order valence-electron chi connectivity index (χ1n) is 5.71. The molecule has 0 bridgehead atoms. The number of ether oxygens (including phenoxy) is 1. The zero-order valence-corrected chi connectivity index (χ0v) is 10.8. The zero-order chi connectivity index (χ0) is 13.7. The number of halogens is 1. The van der Waals surface area contributed by atoms with Gasteiger partial charge in [0.2, 0.25) is 0 Å². The maximum absolute atomic E-state index is 10.7. The van der Waals surface area contributed by atoms with E-state index in [0.717, 1.165) is 11.1 Å². The van der Waals surface area contributed by atoms with Gasteiger partial charge in [0.05, 0.1) is 18.1 Å². The molecule has 0 atom stereocenters. The van der Waals surface area contributed by atoms with Gasteiger partial charge in [0, 0.05) is 6.07 Å². The minimum atomic E-state index is -0.497. The van der Waals surface area contributed by atoms with Crippen molar-refractivity contribution in [2.24, 2.45) is 0 Å². The number of nitro benzene ring substituents is 1. The van der Waals surface area contributed by atoms with E-state index < -0.39 is 4.92 Å². The number of hydrogen-bond acceptors (Lipinski definition) is 3. The molecule has 0 saturated carbocycles. The molecule has 0 aliphatic heterocycles. The van der Waals surface area contributed by atoms with E-state index in [0.29, 0.717) is 13.2 Å². The highest BCUT2D eigenvalue weighted by atomic mass is 35.5. The van der Waals surface area contributed by atoms with Gasteiger partial charge in [-0.25, -0.2) is 0 Å². The van der Waals surface area contributed by atoms with Gasteiger partial charge < -0.3 is 4.74 Å². The fraction of sp³-hybridized carbons (Fsp3) is 0.143. The number of benzene rings is 2. The van der Waals surface area contributed by atoms with Crippen LogP contribution in [0.15, 0.2) is 48.5 Å². The van der Waals surface area contributed by atoms with Crippen LogP contribution in [0.25, 0.3) is 0 Å². The Morgan fingerprint density at radius 3 is 2.42 bits per heavy atom. The predicted octanol–water partition coefficient (Wildman–Crippen LogP) is 3.97. The number of nitro groups is 1. The van der Waals surface area contributed by atoms with Crippen molar-refractivity contribution in [2.75, 3.05) is 0 Å². The van der Waals surface area contributed by atoms with E-state index in [2.05, 4.69) is 0 Å². The molecular formula is C14H12ClNO3. The van der Waals surface area contributed by atoms with Crippen LogP contribution in [0.1, 0.15) is 11.1 Å². The van der Waals surface area contributed by atoms with E-state index >= 15 is 0 Å². The summed E-state index contributed by atoms with van der Waals surface area (Å²) in [4.78, 5) is 10.3. The average molecular weight is 278 g/mol. The number of nitrogens with zero attached hydrogens (tertiary/aromatic N) is 1. The third-order valence-corrected chi connectivity index (χ3v) is 2.91. The average Bonchev–Trinajstić information content (AvgIpc) is 2.41. The summed E-state index contributed by atoms with van der Waals surface area (Å²) in [7, 11) is 0. The van der Waals surface area contributed by atoms with Crippen LogP contribution in [-0.2, 0) is 18.0 Å². The normalized spacial score (nSPS) is 10.4. The van der Waals surface area contributed by atoms with Gasteiger partial charge in [0.1, 0.15) is 5.02 Å². The molecule has 0 spiro atoms. The third-order valence-electron chi connectivity index (χ3n) is 2.59. The van der Waals surface area contributed by atoms with Crippen LogP contribution in [0.4, 0.5) is 5.69 Å². The highest BCUT2D eigenvalue weighted by Gasteiger charge is 2.12. The van der Waals surface area contributed by atoms with Crippen LogP contribution in [0.2, 0.25) is 5.02 Å². The second kappa shape index (κ2) is 6.31. The first-order valence-corrected chi connectivity index (χ1v) is 6.09. The summed E-state index contributed by atoms with van der Waals surface area (Å²) in [6, 6.07) is 14.4. The maximum atomic E-state index is 10.7. The number of rotatable bonds is 5. The van der Waals surface area contributed by atoms with Crippen molar-refractivity contribution < 1.29 is 9.66 Å². The van der Waals surface area contributed by atoms with Crippen molar-refractivity contribution in [1.82, 2.24) is 0 Å². The molecule has 0 aliphatic rings. The molecular weight excluding hydrogens is 266 g/mol. The Balaban J connectivity index is 1.97. The van der Waals surface area contributed by atoms with Gasteiger partial charge in [-0.15, -0.1) is 0 Å². The molecule has 2 rings (SSSR count). The summed E-state index contributed by atoms with van der Waals surface area (Å²) in [5.74, 6) is 0. The van der Waals surface area contributed by atoms with Crippen molar-refractivity contribution >= 4 is 17.3 Å². The van der Waals surface area contributed by atoms with Crippen molar-refractivity contribution in [3.05, 3.63) is 74.8 Å². The molecule has 19 heavy (non-hydrogen) atoms. The van der Waals surface area contributed by atoms with Crippen LogP contribution in [0.3, 0.4) is 0 Å². The zero-order valence-electron chi connectivity index (χ0n) is 10.1. The van der Waals surface area contributed by atoms with Gasteiger partial charge >= 0.3 is 0 Å². The molecule has 2 aromatic rings. The second-order valence-corrected chi connectivity index (χ2v) is 4.43. The van der Waals surface area contributed by atoms with Gasteiger partial charge in [-0.3, -0.25) is 10.1 Å². The Morgan fingerprint density at radius 1 is 1.05 bits per heavy atom. The van der Waals surface area contributed by atoms with Crippen molar-refractivity contribution in [2.45, 2.75) is 13.2 Å². The molecule has 0 amide bonds. The molecule has 0 heterocycles. The van der Waals surface area contributed by atoms with Crippen molar-refractivity contribution in [3.63, 3.8) is 0 Å². The second-order valence-electron chi connectivity index (χ2n) is 4.02. The van der Waals surface area contributed by atoms with E-state index in [-0.39, 0.29) is 10.7 Å². The molecule has 0 unspecified atom stereocenters. The van der Waals surface area contributed by atoms with Gasteiger partial charge in [-0.1, -0.05) is 48.0 Å². The monoisotopic (exact) mass is 277 g/mol. The summed E-state index contributed by atoms with van der Waals surface area (Å²) in [5, 5.41) is 10.9. The minimum Gasteiger partial charge on any atom is -0.372 e. The number of hydrogen-bond donors (Lipinski definition) is 0. The smallest absolute Gasteiger partial charge is 0.288 e. The lowest BCUT2D eigenvalue weighted by molar-refractivity contribution is -0.384. The standard InChI is InChI=1S/C14H12ClNO3/c15-13-7-6-12(8-14(13)16(17)18)10-19-9-11-4-2-1-3-5-11/h1-8H,9-10H2. The van der Waals surface area contributed by atoms with Gasteiger partial charge in [-0.05, 0) is 17.2 Å². The Hall–Kier alpha value is -1.91. The molecule has 2 aromatic carbocycles. The summed E-state index contributed by atoms with van der Waals surface area (Å²) in [6.45, 7) is 0.782. The molecule has 0 N–H and O–H groups in total. The quantitative estimate of drug-likeness (QED) is 0.614. The predicted molar refractivity (Wildman–Crippen MR) is 73.0 cm³/mol. The largest absolute Gasteiger partial charge is 0.372 e. The van der Waals surface area contributed by atoms with Gasteiger partial charge in [0.25, 0.3) is 5.69 Å². The Bertz CT molecular complexity index is 572. The molecule has 0 aliphatic carbocycles. The first-order chi connectivity index (χ1) is 9.16. The van der Waals surface area contributed by atoms with E-state index in [1.165, 1.54) is 12.1 Å².